The van der Waals surface area contributed by atoms with Gasteiger partial charge < -0.3 is 15.0 Å². The first kappa shape index (κ1) is 21.7. The van der Waals surface area contributed by atoms with Crippen molar-refractivity contribution in [1.82, 2.24) is 5.43 Å². The molecule has 0 bridgehead atoms. The molecule has 2 aromatic carbocycles. The van der Waals surface area contributed by atoms with Gasteiger partial charge in [-0.05, 0) is 32.0 Å². The Morgan fingerprint density at radius 2 is 1.97 bits per heavy atom. The maximum absolute atomic E-state index is 12.1. The van der Waals surface area contributed by atoms with E-state index in [2.05, 4.69) is 20.7 Å². The van der Waals surface area contributed by atoms with Crippen LogP contribution in [0.15, 0.2) is 47.6 Å². The summed E-state index contributed by atoms with van der Waals surface area (Å²) in [5.41, 5.74) is 4.45. The van der Waals surface area contributed by atoms with Gasteiger partial charge in [-0.2, -0.15) is 5.10 Å². The summed E-state index contributed by atoms with van der Waals surface area (Å²) in [6.07, 6.45) is 1.42. The minimum atomic E-state index is -0.459. The van der Waals surface area contributed by atoms with Crippen molar-refractivity contribution >= 4 is 29.2 Å². The van der Waals surface area contributed by atoms with Crippen LogP contribution in [0.4, 0.5) is 17.1 Å². The number of non-ortho nitro benzene ring substituents is 1. The zero-order chi connectivity index (χ0) is 21.2. The van der Waals surface area contributed by atoms with Crippen LogP contribution in [-0.2, 0) is 4.79 Å². The minimum Gasteiger partial charge on any atom is -0.495 e. The number of nitro groups is 1. The van der Waals surface area contributed by atoms with Gasteiger partial charge in [-0.25, -0.2) is 5.43 Å². The van der Waals surface area contributed by atoms with Crippen molar-refractivity contribution in [3.05, 3.63) is 58.1 Å². The van der Waals surface area contributed by atoms with Gasteiger partial charge in [-0.1, -0.05) is 12.1 Å². The molecule has 9 nitrogen and oxygen atoms in total. The van der Waals surface area contributed by atoms with Crippen LogP contribution in [0.25, 0.3) is 0 Å². The molecule has 2 rings (SSSR count). The quantitative estimate of drug-likeness (QED) is 0.361. The van der Waals surface area contributed by atoms with Crippen LogP contribution in [0.3, 0.4) is 0 Å². The van der Waals surface area contributed by atoms with Crippen LogP contribution < -0.4 is 20.4 Å². The van der Waals surface area contributed by atoms with E-state index in [1.54, 1.807) is 25.3 Å². The number of carbonyl (C=O) groups excluding carboxylic acids is 1. The molecule has 29 heavy (non-hydrogen) atoms. The summed E-state index contributed by atoms with van der Waals surface area (Å²) in [4.78, 5) is 24.7. The second-order valence-electron chi connectivity index (χ2n) is 6.02. The number of amides is 1. The highest BCUT2D eigenvalue weighted by atomic mass is 16.6. The Balaban J connectivity index is 2.07. The van der Waals surface area contributed by atoms with Crippen LogP contribution in [0.1, 0.15) is 19.4 Å². The molecular weight excluding hydrogens is 374 g/mol. The number of hydrogen-bond donors (Lipinski definition) is 2. The van der Waals surface area contributed by atoms with Crippen molar-refractivity contribution < 1.29 is 14.5 Å². The fourth-order valence-corrected chi connectivity index (χ4v) is 2.79. The van der Waals surface area contributed by atoms with E-state index in [4.69, 9.17) is 4.74 Å². The molecule has 0 saturated carbocycles. The molecule has 0 radical (unpaired) electrons. The largest absolute Gasteiger partial charge is 0.495 e. The topological polar surface area (TPSA) is 109 Å². The van der Waals surface area contributed by atoms with Crippen LogP contribution in [0.2, 0.25) is 0 Å². The highest BCUT2D eigenvalue weighted by molar-refractivity contribution is 5.90. The summed E-state index contributed by atoms with van der Waals surface area (Å²) in [5.74, 6) is 0.270. The summed E-state index contributed by atoms with van der Waals surface area (Å²) in [6.45, 7) is 5.47. The number of para-hydroxylation sites is 2. The number of nitrogens with zero attached hydrogens (tertiary/aromatic N) is 3. The molecule has 154 valence electrons. The first-order chi connectivity index (χ1) is 14.0. The number of anilines is 2. The molecule has 0 heterocycles. The van der Waals surface area contributed by atoms with Gasteiger partial charge in [-0.15, -0.1) is 0 Å². The Bertz CT molecular complexity index is 881. The fraction of sp³-hybridized carbons (Fsp3) is 0.300. The van der Waals surface area contributed by atoms with Crippen LogP contribution >= 0.6 is 0 Å². The van der Waals surface area contributed by atoms with Crippen molar-refractivity contribution in [3.8, 4) is 5.75 Å². The zero-order valence-electron chi connectivity index (χ0n) is 16.7. The third kappa shape index (κ3) is 5.93. The summed E-state index contributed by atoms with van der Waals surface area (Å²) in [5, 5.41) is 18.0. The van der Waals surface area contributed by atoms with E-state index in [0.717, 1.165) is 18.8 Å². The number of hydrogen-bond acceptors (Lipinski definition) is 7. The van der Waals surface area contributed by atoms with Crippen LogP contribution in [-0.4, -0.2) is 43.8 Å². The first-order valence-electron chi connectivity index (χ1n) is 9.22. The number of nitro benzene ring substituents is 1. The Morgan fingerprint density at radius 1 is 1.24 bits per heavy atom. The Kier molecular flexibility index (Phi) is 7.96. The predicted molar refractivity (Wildman–Crippen MR) is 114 cm³/mol. The molecule has 0 aliphatic carbocycles. The van der Waals surface area contributed by atoms with Crippen LogP contribution in [0, 0.1) is 10.1 Å². The lowest BCUT2D eigenvalue weighted by Gasteiger charge is -2.22. The van der Waals surface area contributed by atoms with Crippen molar-refractivity contribution in [1.29, 1.82) is 0 Å². The van der Waals surface area contributed by atoms with Crippen molar-refractivity contribution in [2.45, 2.75) is 13.8 Å². The number of rotatable bonds is 10. The Morgan fingerprint density at radius 3 is 2.62 bits per heavy atom. The number of ether oxygens (including phenoxy) is 1. The number of carbonyl (C=O) groups is 1. The average Bonchev–Trinajstić information content (AvgIpc) is 2.74. The zero-order valence-corrected chi connectivity index (χ0v) is 16.7. The van der Waals surface area contributed by atoms with Gasteiger partial charge in [0.25, 0.3) is 11.6 Å². The van der Waals surface area contributed by atoms with Gasteiger partial charge in [0.2, 0.25) is 0 Å². The third-order valence-corrected chi connectivity index (χ3v) is 4.27. The number of nitrogens with one attached hydrogen (secondary N) is 2. The van der Waals surface area contributed by atoms with Gasteiger partial charge in [0.15, 0.2) is 0 Å². The average molecular weight is 399 g/mol. The lowest BCUT2D eigenvalue weighted by atomic mass is 10.1. The van der Waals surface area contributed by atoms with E-state index in [-0.39, 0.29) is 18.1 Å². The van der Waals surface area contributed by atoms with Gasteiger partial charge in [0, 0.05) is 36.5 Å². The monoisotopic (exact) mass is 399 g/mol. The first-order valence-corrected chi connectivity index (χ1v) is 9.22. The lowest BCUT2D eigenvalue weighted by Crippen LogP contribution is -2.26. The normalized spacial score (nSPS) is 10.6. The molecule has 2 N–H and O–H groups in total. The molecule has 0 aromatic heterocycles. The molecule has 0 saturated heterocycles. The molecule has 0 atom stereocenters. The molecule has 0 unspecified atom stereocenters. The van der Waals surface area contributed by atoms with Crippen molar-refractivity contribution in [3.63, 3.8) is 0 Å². The van der Waals surface area contributed by atoms with Crippen molar-refractivity contribution in [2.75, 3.05) is 37.0 Å². The second-order valence-corrected chi connectivity index (χ2v) is 6.02. The molecule has 0 aliphatic heterocycles. The third-order valence-electron chi connectivity index (χ3n) is 4.27. The van der Waals surface area contributed by atoms with Gasteiger partial charge in [-0.3, -0.25) is 14.9 Å². The second kappa shape index (κ2) is 10.6. The van der Waals surface area contributed by atoms with Crippen molar-refractivity contribution in [2.24, 2.45) is 5.10 Å². The molecule has 9 heteroatoms. The van der Waals surface area contributed by atoms with Crippen LogP contribution in [0.5, 0.6) is 5.75 Å². The van der Waals surface area contributed by atoms with Gasteiger partial charge >= 0.3 is 0 Å². The molecule has 2 aromatic rings. The number of benzene rings is 2. The number of hydrazone groups is 1. The summed E-state index contributed by atoms with van der Waals surface area (Å²) in [6, 6.07) is 11.8. The maximum atomic E-state index is 12.1. The lowest BCUT2D eigenvalue weighted by molar-refractivity contribution is -0.384. The predicted octanol–water partition coefficient (Wildman–Crippen LogP) is 3.01. The number of methoxy groups -OCH3 is 1. The molecule has 0 spiro atoms. The van der Waals surface area contributed by atoms with Gasteiger partial charge in [0.05, 0.1) is 30.5 Å². The Labute approximate surface area is 169 Å². The Hall–Kier alpha value is -3.62. The fourth-order valence-electron chi connectivity index (χ4n) is 2.79. The van der Waals surface area contributed by atoms with E-state index in [1.807, 2.05) is 26.0 Å². The maximum Gasteiger partial charge on any atom is 0.270 e. The van der Waals surface area contributed by atoms with E-state index in [1.165, 1.54) is 18.3 Å². The van der Waals surface area contributed by atoms with E-state index >= 15 is 0 Å². The minimum absolute atomic E-state index is 0.00441. The van der Waals surface area contributed by atoms with E-state index in [9.17, 15) is 14.9 Å². The molecular formula is C20H25N5O4. The molecule has 1 amide bonds. The highest BCUT2D eigenvalue weighted by Crippen LogP contribution is 2.24. The van der Waals surface area contributed by atoms with E-state index < -0.39 is 4.92 Å². The smallest absolute Gasteiger partial charge is 0.270 e. The van der Waals surface area contributed by atoms with E-state index in [0.29, 0.717) is 17.0 Å². The SMILES string of the molecule is CCN(CC)c1ccc([N+](=O)[O-])cc1/C=N/NC(=O)CNc1ccccc1OC. The molecule has 0 aliphatic rings. The summed E-state index contributed by atoms with van der Waals surface area (Å²) < 4.78 is 5.22. The molecule has 0 fully saturated rings. The van der Waals surface area contributed by atoms with Gasteiger partial charge in [0.1, 0.15) is 5.75 Å². The summed E-state index contributed by atoms with van der Waals surface area (Å²) >= 11 is 0. The standard InChI is InChI=1S/C20H25N5O4/c1-4-24(5-2)18-11-10-16(25(27)28)12-15(18)13-22-23-20(26)14-21-17-8-6-7-9-19(17)29-3/h6-13,21H,4-5,14H2,1-3H3,(H,23,26)/b22-13+. The summed E-state index contributed by atoms with van der Waals surface area (Å²) in [7, 11) is 1.55. The highest BCUT2D eigenvalue weighted by Gasteiger charge is 2.13.